The van der Waals surface area contributed by atoms with Gasteiger partial charge >= 0.3 is 0 Å². The van der Waals surface area contributed by atoms with Crippen molar-refractivity contribution in [1.82, 2.24) is 4.90 Å². The second kappa shape index (κ2) is 6.88. The average molecular weight is 279 g/mol. The minimum absolute atomic E-state index is 0.302. The summed E-state index contributed by atoms with van der Waals surface area (Å²) in [6.07, 6.45) is 9.70. The molecule has 0 heterocycles. The molecule has 0 saturated heterocycles. The second-order valence-corrected chi connectivity index (χ2v) is 6.44. The molecule has 0 aromatic rings. The number of ether oxygens (including phenoxy) is 1. The first kappa shape index (κ1) is 15.7. The van der Waals surface area contributed by atoms with E-state index in [0.29, 0.717) is 18.1 Å². The summed E-state index contributed by atoms with van der Waals surface area (Å²) in [6.45, 7) is 2.22. The standard InChI is InChI=1S/C17H29NO2/c1-12(18(2)3)15-6-5-7-16(15)17(19)13-8-10-14(20-4)11-9-13/h5,7,12-14,17,19H,6,8-11H2,1-4H3. The molecule has 0 spiro atoms. The molecule has 0 bridgehead atoms. The first-order chi connectivity index (χ1) is 9.54. The molecule has 2 atom stereocenters. The molecule has 1 fully saturated rings. The number of rotatable bonds is 5. The molecule has 2 unspecified atom stereocenters. The Morgan fingerprint density at radius 2 is 1.90 bits per heavy atom. The third-order valence-electron chi connectivity index (χ3n) is 5.10. The molecule has 0 aliphatic heterocycles. The van der Waals surface area contributed by atoms with Crippen LogP contribution in [0.2, 0.25) is 0 Å². The van der Waals surface area contributed by atoms with Crippen LogP contribution in [0.1, 0.15) is 39.0 Å². The van der Waals surface area contributed by atoms with Gasteiger partial charge in [-0.1, -0.05) is 12.2 Å². The van der Waals surface area contributed by atoms with Gasteiger partial charge in [0.15, 0.2) is 0 Å². The van der Waals surface area contributed by atoms with E-state index in [0.717, 1.165) is 32.1 Å². The summed E-state index contributed by atoms with van der Waals surface area (Å²) >= 11 is 0. The molecule has 1 N–H and O–H groups in total. The van der Waals surface area contributed by atoms with Gasteiger partial charge in [-0.25, -0.2) is 0 Å². The Morgan fingerprint density at radius 1 is 1.25 bits per heavy atom. The van der Waals surface area contributed by atoms with Crippen LogP contribution < -0.4 is 0 Å². The van der Waals surface area contributed by atoms with E-state index < -0.39 is 0 Å². The van der Waals surface area contributed by atoms with Crippen LogP contribution >= 0.6 is 0 Å². The number of likely N-dealkylation sites (N-methyl/N-ethyl adjacent to an activating group) is 1. The number of nitrogens with zero attached hydrogens (tertiary/aromatic N) is 1. The van der Waals surface area contributed by atoms with Crippen molar-refractivity contribution in [1.29, 1.82) is 0 Å². The molecule has 2 rings (SSSR count). The fraction of sp³-hybridized carbons (Fsp3) is 0.765. The Labute approximate surface area is 123 Å². The van der Waals surface area contributed by atoms with Crippen molar-refractivity contribution in [2.24, 2.45) is 5.92 Å². The molecule has 3 nitrogen and oxygen atoms in total. The van der Waals surface area contributed by atoms with Crippen LogP contribution in [0.5, 0.6) is 0 Å². The second-order valence-electron chi connectivity index (χ2n) is 6.44. The zero-order valence-corrected chi connectivity index (χ0v) is 13.3. The summed E-state index contributed by atoms with van der Waals surface area (Å²) in [7, 11) is 5.99. The third-order valence-corrected chi connectivity index (χ3v) is 5.10. The highest BCUT2D eigenvalue weighted by Gasteiger charge is 2.31. The third kappa shape index (κ3) is 3.33. The lowest BCUT2D eigenvalue weighted by atomic mass is 9.80. The molecule has 0 aromatic heterocycles. The Balaban J connectivity index is 2.05. The number of hydrogen-bond acceptors (Lipinski definition) is 3. The first-order valence-electron chi connectivity index (χ1n) is 7.81. The van der Waals surface area contributed by atoms with Gasteiger partial charge in [-0.2, -0.15) is 0 Å². The molecule has 114 valence electrons. The maximum Gasteiger partial charge on any atom is 0.0818 e. The topological polar surface area (TPSA) is 32.7 Å². The number of hydrogen-bond donors (Lipinski definition) is 1. The predicted molar refractivity (Wildman–Crippen MR) is 82.7 cm³/mol. The van der Waals surface area contributed by atoms with Gasteiger partial charge in [0.1, 0.15) is 0 Å². The average Bonchev–Trinajstić information content (AvgIpc) is 2.94. The smallest absolute Gasteiger partial charge is 0.0818 e. The molecule has 0 aromatic carbocycles. The van der Waals surface area contributed by atoms with Crippen LogP contribution in [0.15, 0.2) is 23.3 Å². The van der Waals surface area contributed by atoms with Gasteiger partial charge in [-0.15, -0.1) is 0 Å². The van der Waals surface area contributed by atoms with Crippen molar-refractivity contribution in [2.75, 3.05) is 21.2 Å². The van der Waals surface area contributed by atoms with Crippen molar-refractivity contribution in [3.63, 3.8) is 0 Å². The Bertz CT molecular complexity index is 378. The summed E-state index contributed by atoms with van der Waals surface area (Å²) in [4.78, 5) is 2.22. The number of aliphatic hydroxyl groups is 1. The van der Waals surface area contributed by atoms with Gasteiger partial charge in [-0.05, 0) is 70.2 Å². The minimum atomic E-state index is -0.302. The summed E-state index contributed by atoms with van der Waals surface area (Å²) in [5.41, 5.74) is 2.56. The van der Waals surface area contributed by atoms with Gasteiger partial charge in [0, 0.05) is 13.2 Å². The molecule has 20 heavy (non-hydrogen) atoms. The normalized spacial score (nSPS) is 30.1. The SMILES string of the molecule is COC1CCC(C(O)C2=C(C(C)N(C)C)CC=C2)CC1. The summed E-state index contributed by atoms with van der Waals surface area (Å²) in [5, 5.41) is 10.8. The summed E-state index contributed by atoms with van der Waals surface area (Å²) in [6, 6.07) is 0.393. The van der Waals surface area contributed by atoms with Gasteiger partial charge in [0.05, 0.1) is 12.2 Å². The lowest BCUT2D eigenvalue weighted by Gasteiger charge is -2.32. The Morgan fingerprint density at radius 3 is 2.45 bits per heavy atom. The first-order valence-corrected chi connectivity index (χ1v) is 7.81. The van der Waals surface area contributed by atoms with Crippen molar-refractivity contribution < 1.29 is 9.84 Å². The van der Waals surface area contributed by atoms with Crippen LogP contribution in [0.3, 0.4) is 0 Å². The van der Waals surface area contributed by atoms with Gasteiger partial charge < -0.3 is 14.7 Å². The molecular formula is C17H29NO2. The van der Waals surface area contributed by atoms with E-state index in [2.05, 4.69) is 38.1 Å². The fourth-order valence-electron chi connectivity index (χ4n) is 3.44. The molecule has 2 aliphatic rings. The summed E-state index contributed by atoms with van der Waals surface area (Å²) in [5.74, 6) is 0.392. The van der Waals surface area contributed by atoms with Crippen LogP contribution in [-0.4, -0.2) is 49.5 Å². The maximum absolute atomic E-state index is 10.8. The largest absolute Gasteiger partial charge is 0.388 e. The van der Waals surface area contributed by atoms with Crippen LogP contribution in [-0.2, 0) is 4.74 Å². The lowest BCUT2D eigenvalue weighted by Crippen LogP contribution is -2.32. The van der Waals surface area contributed by atoms with E-state index in [-0.39, 0.29) is 6.10 Å². The molecule has 3 heteroatoms. The number of allylic oxidation sites excluding steroid dienone is 1. The van der Waals surface area contributed by atoms with Crippen LogP contribution in [0.25, 0.3) is 0 Å². The van der Waals surface area contributed by atoms with Gasteiger partial charge in [0.25, 0.3) is 0 Å². The van der Waals surface area contributed by atoms with Crippen molar-refractivity contribution >= 4 is 0 Å². The van der Waals surface area contributed by atoms with E-state index in [1.54, 1.807) is 7.11 Å². The minimum Gasteiger partial charge on any atom is -0.388 e. The number of methoxy groups -OCH3 is 1. The molecule has 0 amide bonds. The molecule has 0 radical (unpaired) electrons. The predicted octanol–water partition coefficient (Wildman–Crippen LogP) is 2.76. The lowest BCUT2D eigenvalue weighted by molar-refractivity contribution is 0.0300. The fourth-order valence-corrected chi connectivity index (χ4v) is 3.44. The highest BCUT2D eigenvalue weighted by Crippen LogP contribution is 2.35. The van der Waals surface area contributed by atoms with Crippen molar-refractivity contribution in [3.8, 4) is 0 Å². The van der Waals surface area contributed by atoms with Crippen molar-refractivity contribution in [2.45, 2.75) is 57.3 Å². The molecule has 2 aliphatic carbocycles. The van der Waals surface area contributed by atoms with E-state index in [1.807, 2.05) is 0 Å². The van der Waals surface area contributed by atoms with Crippen LogP contribution in [0.4, 0.5) is 0 Å². The zero-order chi connectivity index (χ0) is 14.7. The molecular weight excluding hydrogens is 250 g/mol. The van der Waals surface area contributed by atoms with Gasteiger partial charge in [0.2, 0.25) is 0 Å². The van der Waals surface area contributed by atoms with E-state index in [9.17, 15) is 5.11 Å². The summed E-state index contributed by atoms with van der Waals surface area (Å²) < 4.78 is 5.42. The van der Waals surface area contributed by atoms with Crippen LogP contribution in [0, 0.1) is 5.92 Å². The quantitative estimate of drug-likeness (QED) is 0.840. The van der Waals surface area contributed by atoms with E-state index in [4.69, 9.17) is 4.74 Å². The highest BCUT2D eigenvalue weighted by atomic mass is 16.5. The van der Waals surface area contributed by atoms with E-state index in [1.165, 1.54) is 11.1 Å². The van der Waals surface area contributed by atoms with E-state index >= 15 is 0 Å². The Hall–Kier alpha value is -0.640. The maximum atomic E-state index is 10.8. The highest BCUT2D eigenvalue weighted by molar-refractivity contribution is 5.39. The Kier molecular flexibility index (Phi) is 5.42. The zero-order valence-electron chi connectivity index (χ0n) is 13.3. The number of aliphatic hydroxyl groups excluding tert-OH is 1. The van der Waals surface area contributed by atoms with Gasteiger partial charge in [-0.3, -0.25) is 0 Å². The monoisotopic (exact) mass is 279 g/mol. The molecule has 1 saturated carbocycles. The van der Waals surface area contributed by atoms with Crippen molar-refractivity contribution in [3.05, 3.63) is 23.3 Å².